The third-order valence-corrected chi connectivity index (χ3v) is 15.4. The molecule has 5 atom stereocenters. The molecule has 0 saturated carbocycles. The lowest BCUT2D eigenvalue weighted by atomic mass is 9.81. The zero-order chi connectivity index (χ0) is 42.1. The largest absolute Gasteiger partial charge is 0.315 e. The van der Waals surface area contributed by atoms with Gasteiger partial charge in [0.15, 0.2) is 0 Å². The van der Waals surface area contributed by atoms with E-state index in [1.54, 1.807) is 0 Å². The number of hydrogen-bond acceptors (Lipinski definition) is 4. The molecule has 64 heavy (non-hydrogen) atoms. The molecule has 6 heteroatoms. The lowest BCUT2D eigenvalue weighted by Gasteiger charge is -2.41. The molecule has 4 aliphatic rings. The molecule has 4 aliphatic heterocycles. The first-order valence-electron chi connectivity index (χ1n) is 23.8. The molecular formula is C58H54N6. The SMILES string of the molecule is c1cc(-c2ccc(C3CCC4CCNCC4=N3)cc2)cc(-n2c3ccccc3c3c4c5ccccc5n(-c5cccc(-c6ccc(C7CCC8CCNCC8N7)cc6)c5)c4ccc32)c1. The topological polar surface area (TPSA) is 58.3 Å². The molecule has 6 heterocycles. The molecule has 2 aromatic heterocycles. The standard InChI is InChI=1S/C58H54N6/c1-3-13-53-47(11-1)57-55(63(53)45-9-5-7-43(33-45)37-15-19-39(20-16-37)49-25-23-41-29-31-59-35-51(41)61-49)27-28-56-58(57)48-12-2-4-14-54(48)64(56)46-10-6-8-44(34-46)38-17-21-40(22-18-38)50-26-24-42-30-32-60-36-52(42)62-50/h1-22,27-28,33-34,41-42,49-51,59-61H,23-26,29-32,35-36H2. The highest BCUT2D eigenvalue weighted by Gasteiger charge is 2.32. The van der Waals surface area contributed by atoms with Gasteiger partial charge in [0.25, 0.3) is 0 Å². The van der Waals surface area contributed by atoms with Gasteiger partial charge < -0.3 is 25.1 Å². The summed E-state index contributed by atoms with van der Waals surface area (Å²) < 4.78 is 4.95. The first kappa shape index (κ1) is 38.2. The van der Waals surface area contributed by atoms with Crippen molar-refractivity contribution in [1.82, 2.24) is 25.1 Å². The Bertz CT molecular complexity index is 3240. The zero-order valence-corrected chi connectivity index (χ0v) is 36.3. The number of hydrogen-bond donors (Lipinski definition) is 3. The summed E-state index contributed by atoms with van der Waals surface area (Å²) in [6, 6.07) is 60.6. The van der Waals surface area contributed by atoms with Crippen LogP contribution in [0.15, 0.2) is 163 Å². The highest BCUT2D eigenvalue weighted by molar-refractivity contribution is 6.29. The molecule has 3 saturated heterocycles. The van der Waals surface area contributed by atoms with Gasteiger partial charge in [0.1, 0.15) is 0 Å². The maximum absolute atomic E-state index is 5.23. The minimum absolute atomic E-state index is 0.264. The molecule has 0 amide bonds. The van der Waals surface area contributed by atoms with Gasteiger partial charge in [-0.05, 0) is 145 Å². The average Bonchev–Trinajstić information content (AvgIpc) is 3.89. The van der Waals surface area contributed by atoms with E-state index in [2.05, 4.69) is 183 Å². The fourth-order valence-corrected chi connectivity index (χ4v) is 12.1. The van der Waals surface area contributed by atoms with Gasteiger partial charge >= 0.3 is 0 Å². The van der Waals surface area contributed by atoms with E-state index >= 15 is 0 Å². The van der Waals surface area contributed by atoms with Crippen molar-refractivity contribution >= 4 is 49.3 Å². The lowest BCUT2D eigenvalue weighted by molar-refractivity contribution is 0.188. The Balaban J connectivity index is 0.867. The summed E-state index contributed by atoms with van der Waals surface area (Å²) in [7, 11) is 0. The van der Waals surface area contributed by atoms with Crippen molar-refractivity contribution < 1.29 is 0 Å². The summed E-state index contributed by atoms with van der Waals surface area (Å²) in [6.45, 7) is 4.31. The van der Waals surface area contributed by atoms with Crippen LogP contribution in [0.5, 0.6) is 0 Å². The number of aliphatic imine (C=N–C) groups is 1. The molecule has 3 N–H and O–H groups in total. The van der Waals surface area contributed by atoms with E-state index in [9.17, 15) is 0 Å². The van der Waals surface area contributed by atoms with Crippen molar-refractivity contribution in [3.63, 3.8) is 0 Å². The number of rotatable bonds is 6. The minimum atomic E-state index is 0.264. The van der Waals surface area contributed by atoms with Crippen LogP contribution >= 0.6 is 0 Å². The fourth-order valence-electron chi connectivity index (χ4n) is 12.1. The van der Waals surface area contributed by atoms with E-state index in [0.29, 0.717) is 18.0 Å². The summed E-state index contributed by atoms with van der Waals surface area (Å²) in [6.07, 6.45) is 7.44. The van der Waals surface area contributed by atoms with Gasteiger partial charge in [-0.3, -0.25) is 4.99 Å². The number of nitrogens with one attached hydrogen (secondary N) is 3. The summed E-state index contributed by atoms with van der Waals surface area (Å²) in [5.41, 5.74) is 16.2. The van der Waals surface area contributed by atoms with Crippen LogP contribution in [0, 0.1) is 11.8 Å². The van der Waals surface area contributed by atoms with Crippen LogP contribution in [0.4, 0.5) is 0 Å². The Kier molecular flexibility index (Phi) is 9.39. The van der Waals surface area contributed by atoms with E-state index < -0.39 is 0 Å². The first-order chi connectivity index (χ1) is 31.7. The monoisotopic (exact) mass is 834 g/mol. The predicted molar refractivity (Wildman–Crippen MR) is 266 cm³/mol. The van der Waals surface area contributed by atoms with Gasteiger partial charge in [0.2, 0.25) is 0 Å². The molecule has 0 spiro atoms. The van der Waals surface area contributed by atoms with Gasteiger partial charge in [-0.25, -0.2) is 0 Å². The maximum Gasteiger partial charge on any atom is 0.0749 e. The third-order valence-electron chi connectivity index (χ3n) is 15.4. The van der Waals surface area contributed by atoms with Crippen LogP contribution in [-0.2, 0) is 0 Å². The maximum atomic E-state index is 5.23. The van der Waals surface area contributed by atoms with Gasteiger partial charge in [-0.2, -0.15) is 0 Å². The smallest absolute Gasteiger partial charge is 0.0749 e. The van der Waals surface area contributed by atoms with E-state index in [4.69, 9.17) is 4.99 Å². The number of benzene rings is 7. The first-order valence-corrected chi connectivity index (χ1v) is 23.8. The van der Waals surface area contributed by atoms with Crippen molar-refractivity contribution in [3.05, 3.63) is 169 Å². The van der Waals surface area contributed by atoms with Gasteiger partial charge in [-0.15, -0.1) is 0 Å². The summed E-state index contributed by atoms with van der Waals surface area (Å²) in [4.78, 5) is 5.23. The normalized spacial score (nSPS) is 22.4. The summed E-state index contributed by atoms with van der Waals surface area (Å²) >= 11 is 0. The van der Waals surface area contributed by atoms with E-state index in [1.807, 2.05) is 0 Å². The quantitative estimate of drug-likeness (QED) is 0.156. The molecule has 0 radical (unpaired) electrons. The van der Waals surface area contributed by atoms with Crippen molar-refractivity contribution in [3.8, 4) is 33.6 Å². The van der Waals surface area contributed by atoms with Gasteiger partial charge in [0.05, 0.1) is 28.1 Å². The Morgan fingerprint density at radius 3 is 1.73 bits per heavy atom. The van der Waals surface area contributed by atoms with E-state index in [-0.39, 0.29) is 6.04 Å². The van der Waals surface area contributed by atoms with Gasteiger partial charge in [0, 0.05) is 63.8 Å². The number of piperidine rings is 3. The van der Waals surface area contributed by atoms with Crippen molar-refractivity contribution in [1.29, 1.82) is 0 Å². The van der Waals surface area contributed by atoms with E-state index in [0.717, 1.165) is 38.5 Å². The fraction of sp³-hybridized carbons (Fsp3) is 0.259. The van der Waals surface area contributed by atoms with Crippen molar-refractivity contribution in [2.24, 2.45) is 16.8 Å². The molecule has 6 nitrogen and oxygen atoms in total. The zero-order valence-electron chi connectivity index (χ0n) is 36.3. The molecule has 7 aromatic carbocycles. The number of para-hydroxylation sites is 2. The van der Waals surface area contributed by atoms with Crippen LogP contribution in [0.3, 0.4) is 0 Å². The molecule has 5 unspecified atom stereocenters. The second kappa shape index (κ2) is 15.7. The highest BCUT2D eigenvalue weighted by Crippen LogP contribution is 2.43. The van der Waals surface area contributed by atoms with Crippen LogP contribution in [-0.4, -0.2) is 47.1 Å². The molecule has 13 rings (SSSR count). The highest BCUT2D eigenvalue weighted by atomic mass is 15.0. The second-order valence-electron chi connectivity index (χ2n) is 18.9. The molecule has 0 bridgehead atoms. The molecule has 0 aliphatic carbocycles. The Morgan fingerprint density at radius 2 is 1.08 bits per heavy atom. The molecular weight excluding hydrogens is 781 g/mol. The van der Waals surface area contributed by atoms with Gasteiger partial charge in [-0.1, -0.05) is 109 Å². The second-order valence-corrected chi connectivity index (χ2v) is 18.9. The van der Waals surface area contributed by atoms with Crippen molar-refractivity contribution in [2.75, 3.05) is 26.2 Å². The van der Waals surface area contributed by atoms with Crippen LogP contribution in [0.2, 0.25) is 0 Å². The lowest BCUT2D eigenvalue weighted by Crippen LogP contribution is -2.52. The molecule has 3 fully saturated rings. The Morgan fingerprint density at radius 1 is 0.469 bits per heavy atom. The number of nitrogens with zero attached hydrogens (tertiary/aromatic N) is 3. The third kappa shape index (κ3) is 6.45. The summed E-state index contributed by atoms with van der Waals surface area (Å²) in [5, 5.41) is 16.2. The summed E-state index contributed by atoms with van der Waals surface area (Å²) in [5.74, 6) is 1.49. The Hall–Kier alpha value is -6.31. The molecule has 9 aromatic rings. The van der Waals surface area contributed by atoms with Crippen molar-refractivity contribution in [2.45, 2.75) is 56.7 Å². The number of aromatic nitrogens is 2. The van der Waals surface area contributed by atoms with Crippen LogP contribution in [0.1, 0.15) is 61.7 Å². The predicted octanol–water partition coefficient (Wildman–Crippen LogP) is 12.5. The van der Waals surface area contributed by atoms with Crippen LogP contribution < -0.4 is 16.0 Å². The Labute approximate surface area is 375 Å². The molecule has 316 valence electrons. The average molecular weight is 835 g/mol. The minimum Gasteiger partial charge on any atom is -0.315 e. The number of fused-ring (bicyclic) bond motifs is 9. The van der Waals surface area contributed by atoms with Crippen LogP contribution in [0.25, 0.3) is 77.2 Å². The van der Waals surface area contributed by atoms with E-state index in [1.165, 1.54) is 126 Å².